The molecule has 0 aliphatic rings. The Morgan fingerprint density at radius 1 is 1.67 bits per heavy atom. The van der Waals surface area contributed by atoms with Crippen molar-refractivity contribution in [2.24, 2.45) is 0 Å². The SMILES string of the molecule is [O-][n+]1cccc(CBr)c1. The highest BCUT2D eigenvalue weighted by Gasteiger charge is 1.91. The van der Waals surface area contributed by atoms with Gasteiger partial charge in [-0.3, -0.25) is 0 Å². The summed E-state index contributed by atoms with van der Waals surface area (Å²) in [5.74, 6) is 0. The molecular formula is C6H6BrNO. The van der Waals surface area contributed by atoms with Gasteiger partial charge in [0.25, 0.3) is 0 Å². The van der Waals surface area contributed by atoms with Crippen LogP contribution in [0.3, 0.4) is 0 Å². The van der Waals surface area contributed by atoms with Gasteiger partial charge in [0.05, 0.1) is 0 Å². The molecule has 0 atom stereocenters. The van der Waals surface area contributed by atoms with Crippen LogP contribution >= 0.6 is 15.9 Å². The van der Waals surface area contributed by atoms with Gasteiger partial charge in [-0.05, 0) is 6.07 Å². The Labute approximate surface area is 61.8 Å². The lowest BCUT2D eigenvalue weighted by atomic mass is 10.3. The first-order valence-corrected chi connectivity index (χ1v) is 3.69. The van der Waals surface area contributed by atoms with Crippen molar-refractivity contribution in [1.82, 2.24) is 0 Å². The van der Waals surface area contributed by atoms with E-state index in [1.54, 1.807) is 6.07 Å². The predicted molar refractivity (Wildman–Crippen MR) is 38.0 cm³/mol. The highest BCUT2D eigenvalue weighted by Crippen LogP contribution is 1.99. The largest absolute Gasteiger partial charge is 0.619 e. The Balaban J connectivity index is 2.94. The summed E-state index contributed by atoms with van der Waals surface area (Å²) in [7, 11) is 0. The smallest absolute Gasteiger partial charge is 0.184 e. The topological polar surface area (TPSA) is 26.9 Å². The van der Waals surface area contributed by atoms with Crippen molar-refractivity contribution in [3.63, 3.8) is 0 Å². The number of aromatic nitrogens is 1. The summed E-state index contributed by atoms with van der Waals surface area (Å²) in [6, 6.07) is 3.62. The van der Waals surface area contributed by atoms with Gasteiger partial charge in [0.15, 0.2) is 12.4 Å². The molecule has 0 bridgehead atoms. The zero-order chi connectivity index (χ0) is 6.69. The lowest BCUT2D eigenvalue weighted by Gasteiger charge is -1.94. The molecule has 1 aromatic heterocycles. The second-order valence-corrected chi connectivity index (χ2v) is 2.27. The Hall–Kier alpha value is -0.570. The minimum Gasteiger partial charge on any atom is -0.619 e. The molecule has 0 radical (unpaired) electrons. The molecule has 9 heavy (non-hydrogen) atoms. The number of pyridine rings is 1. The van der Waals surface area contributed by atoms with Crippen LogP contribution < -0.4 is 4.73 Å². The van der Waals surface area contributed by atoms with Gasteiger partial charge in [-0.25, -0.2) is 0 Å². The molecule has 48 valence electrons. The maximum atomic E-state index is 10.5. The molecule has 0 aliphatic heterocycles. The molecule has 1 rings (SSSR count). The number of halogens is 1. The van der Waals surface area contributed by atoms with Gasteiger partial charge in [-0.2, -0.15) is 4.73 Å². The van der Waals surface area contributed by atoms with Crippen LogP contribution in [0.15, 0.2) is 24.5 Å². The molecule has 1 aromatic rings. The van der Waals surface area contributed by atoms with Crippen molar-refractivity contribution in [1.29, 1.82) is 0 Å². The maximum Gasteiger partial charge on any atom is 0.184 e. The van der Waals surface area contributed by atoms with Crippen LogP contribution in [0.1, 0.15) is 5.56 Å². The second kappa shape index (κ2) is 2.82. The van der Waals surface area contributed by atoms with E-state index in [1.165, 1.54) is 12.4 Å². The highest BCUT2D eigenvalue weighted by molar-refractivity contribution is 9.08. The molecule has 3 heteroatoms. The summed E-state index contributed by atoms with van der Waals surface area (Å²) >= 11 is 3.24. The lowest BCUT2D eigenvalue weighted by Crippen LogP contribution is -2.24. The van der Waals surface area contributed by atoms with E-state index in [1.807, 2.05) is 6.07 Å². The minimum absolute atomic E-state index is 0.732. The van der Waals surface area contributed by atoms with Crippen LogP contribution in [-0.2, 0) is 5.33 Å². The molecule has 0 aromatic carbocycles. The van der Waals surface area contributed by atoms with E-state index in [2.05, 4.69) is 15.9 Å². The van der Waals surface area contributed by atoms with E-state index < -0.39 is 0 Å². The molecule has 0 fully saturated rings. The first kappa shape index (κ1) is 6.55. The molecule has 0 saturated heterocycles. The summed E-state index contributed by atoms with van der Waals surface area (Å²) in [6.45, 7) is 0. The zero-order valence-electron chi connectivity index (χ0n) is 4.75. The van der Waals surface area contributed by atoms with Gasteiger partial charge in [0.1, 0.15) is 0 Å². The summed E-state index contributed by atoms with van der Waals surface area (Å²) in [5.41, 5.74) is 0.993. The summed E-state index contributed by atoms with van der Waals surface area (Å²) < 4.78 is 0.788. The van der Waals surface area contributed by atoms with Crippen LogP contribution in [-0.4, -0.2) is 0 Å². The molecule has 1 heterocycles. The number of nitrogens with zero attached hydrogens (tertiary/aromatic N) is 1. The zero-order valence-corrected chi connectivity index (χ0v) is 6.34. The number of hydrogen-bond acceptors (Lipinski definition) is 1. The van der Waals surface area contributed by atoms with Gasteiger partial charge in [0, 0.05) is 17.0 Å². The van der Waals surface area contributed by atoms with Crippen molar-refractivity contribution in [2.75, 3.05) is 0 Å². The van der Waals surface area contributed by atoms with Gasteiger partial charge >= 0.3 is 0 Å². The van der Waals surface area contributed by atoms with Gasteiger partial charge in [-0.15, -0.1) is 0 Å². The quantitative estimate of drug-likeness (QED) is 0.369. The minimum atomic E-state index is 0.732. The molecule has 0 N–H and O–H groups in total. The molecular weight excluding hydrogens is 182 g/mol. The number of alkyl halides is 1. The van der Waals surface area contributed by atoms with Gasteiger partial charge in [-0.1, -0.05) is 15.9 Å². The van der Waals surface area contributed by atoms with Crippen molar-refractivity contribution in [3.05, 3.63) is 35.3 Å². The molecule has 2 nitrogen and oxygen atoms in total. The first-order valence-electron chi connectivity index (χ1n) is 2.56. The summed E-state index contributed by atoms with van der Waals surface area (Å²) in [5, 5.41) is 11.3. The normalized spacial score (nSPS) is 9.44. The van der Waals surface area contributed by atoms with E-state index in [9.17, 15) is 5.21 Å². The Morgan fingerprint density at radius 3 is 2.89 bits per heavy atom. The van der Waals surface area contributed by atoms with Crippen LogP contribution in [0, 0.1) is 5.21 Å². The van der Waals surface area contributed by atoms with Gasteiger partial charge in [0.2, 0.25) is 0 Å². The van der Waals surface area contributed by atoms with Crippen LogP contribution in [0.2, 0.25) is 0 Å². The van der Waals surface area contributed by atoms with E-state index in [0.717, 1.165) is 15.6 Å². The predicted octanol–water partition coefficient (Wildman–Crippen LogP) is 1.21. The van der Waals surface area contributed by atoms with E-state index >= 15 is 0 Å². The Kier molecular flexibility index (Phi) is 2.05. The number of rotatable bonds is 1. The van der Waals surface area contributed by atoms with Gasteiger partial charge < -0.3 is 5.21 Å². The summed E-state index contributed by atoms with van der Waals surface area (Å²) in [4.78, 5) is 0. The third kappa shape index (κ3) is 1.68. The average Bonchev–Trinajstić information content (AvgIpc) is 1.88. The fourth-order valence-electron chi connectivity index (χ4n) is 0.580. The van der Waals surface area contributed by atoms with Crippen molar-refractivity contribution >= 4 is 15.9 Å². The second-order valence-electron chi connectivity index (χ2n) is 1.71. The fourth-order valence-corrected chi connectivity index (χ4v) is 0.912. The molecule has 0 unspecified atom stereocenters. The van der Waals surface area contributed by atoms with Crippen molar-refractivity contribution in [2.45, 2.75) is 5.33 Å². The number of hydrogen-bond donors (Lipinski definition) is 0. The molecule has 0 amide bonds. The van der Waals surface area contributed by atoms with E-state index in [-0.39, 0.29) is 0 Å². The standard InChI is InChI=1S/C6H6BrNO/c7-4-6-2-1-3-8(9)5-6/h1-3,5H,4H2. The van der Waals surface area contributed by atoms with E-state index in [0.29, 0.717) is 0 Å². The fraction of sp³-hybridized carbons (Fsp3) is 0.167. The first-order chi connectivity index (χ1) is 4.33. The maximum absolute atomic E-state index is 10.5. The molecule has 0 spiro atoms. The highest BCUT2D eigenvalue weighted by atomic mass is 79.9. The Morgan fingerprint density at radius 2 is 2.44 bits per heavy atom. The van der Waals surface area contributed by atoms with Crippen LogP contribution in [0.5, 0.6) is 0 Å². The van der Waals surface area contributed by atoms with Crippen molar-refractivity contribution in [3.8, 4) is 0 Å². The third-order valence-corrected chi connectivity index (χ3v) is 1.64. The monoisotopic (exact) mass is 187 g/mol. The lowest BCUT2D eigenvalue weighted by molar-refractivity contribution is -0.605. The Bertz CT molecular complexity index is 202. The van der Waals surface area contributed by atoms with Crippen LogP contribution in [0.4, 0.5) is 0 Å². The summed E-state index contributed by atoms with van der Waals surface area (Å²) in [6.07, 6.45) is 3.00. The average molecular weight is 188 g/mol. The third-order valence-electron chi connectivity index (χ3n) is 0.991. The van der Waals surface area contributed by atoms with Crippen LogP contribution in [0.25, 0.3) is 0 Å². The molecule has 0 aliphatic carbocycles. The molecule has 0 saturated carbocycles. The van der Waals surface area contributed by atoms with E-state index in [4.69, 9.17) is 0 Å². The van der Waals surface area contributed by atoms with Crippen molar-refractivity contribution < 1.29 is 4.73 Å².